The first-order valence-corrected chi connectivity index (χ1v) is 5.76. The first-order chi connectivity index (χ1) is 7.79. The number of carbonyl (C=O) groups is 1. The average molecular weight is 250 g/mol. The van der Waals surface area contributed by atoms with Gasteiger partial charge in [0.05, 0.1) is 5.92 Å². The molecule has 1 rings (SSSR count). The van der Waals surface area contributed by atoms with Crippen LogP contribution in [-0.2, 0) is 4.74 Å². The van der Waals surface area contributed by atoms with E-state index >= 15 is 0 Å². The van der Waals surface area contributed by atoms with E-state index in [4.69, 9.17) is 4.74 Å². The van der Waals surface area contributed by atoms with E-state index in [0.29, 0.717) is 13.1 Å². The zero-order valence-corrected chi connectivity index (χ0v) is 10.5. The van der Waals surface area contributed by atoms with Crippen molar-refractivity contribution in [2.45, 2.75) is 32.8 Å². The number of amides is 1. The predicted octanol–water partition coefficient (Wildman–Crippen LogP) is 1.71. The SMILES string of the molecule is CC(C)(C)OC(=O)N1CCNCC(C(F)F)C1. The van der Waals surface area contributed by atoms with Crippen molar-refractivity contribution in [3.05, 3.63) is 0 Å². The summed E-state index contributed by atoms with van der Waals surface area (Å²) >= 11 is 0. The first-order valence-electron chi connectivity index (χ1n) is 5.76. The van der Waals surface area contributed by atoms with Crippen LogP contribution in [-0.4, -0.2) is 49.2 Å². The molecule has 0 spiro atoms. The van der Waals surface area contributed by atoms with Gasteiger partial charge < -0.3 is 15.0 Å². The lowest BCUT2D eigenvalue weighted by atomic mass is 10.1. The highest BCUT2D eigenvalue weighted by atomic mass is 19.3. The number of ether oxygens (including phenoxy) is 1. The van der Waals surface area contributed by atoms with E-state index in [0.717, 1.165) is 0 Å². The Labute approximate surface area is 100 Å². The van der Waals surface area contributed by atoms with Gasteiger partial charge in [0.25, 0.3) is 0 Å². The first kappa shape index (κ1) is 14.2. The summed E-state index contributed by atoms with van der Waals surface area (Å²) in [6.45, 7) is 6.46. The van der Waals surface area contributed by atoms with Crippen molar-refractivity contribution in [3.8, 4) is 0 Å². The third-order valence-corrected chi connectivity index (χ3v) is 2.43. The molecule has 0 aromatic rings. The van der Waals surface area contributed by atoms with E-state index in [1.807, 2.05) is 0 Å². The standard InChI is InChI=1S/C11H20F2N2O2/c1-11(2,3)17-10(16)15-5-4-14-6-8(7-15)9(12)13/h8-9,14H,4-7H2,1-3H3. The van der Waals surface area contributed by atoms with Crippen LogP contribution >= 0.6 is 0 Å². The Morgan fingerprint density at radius 2 is 2.12 bits per heavy atom. The van der Waals surface area contributed by atoms with Gasteiger partial charge in [-0.3, -0.25) is 0 Å². The fourth-order valence-corrected chi connectivity index (χ4v) is 1.60. The van der Waals surface area contributed by atoms with Crippen LogP contribution in [0.2, 0.25) is 0 Å². The third kappa shape index (κ3) is 4.85. The molecule has 1 saturated heterocycles. The minimum atomic E-state index is -2.43. The van der Waals surface area contributed by atoms with Crippen molar-refractivity contribution >= 4 is 6.09 Å². The Morgan fingerprint density at radius 1 is 1.47 bits per heavy atom. The number of nitrogens with one attached hydrogen (secondary N) is 1. The van der Waals surface area contributed by atoms with Crippen molar-refractivity contribution in [2.24, 2.45) is 5.92 Å². The van der Waals surface area contributed by atoms with Crippen LogP contribution in [0, 0.1) is 5.92 Å². The average Bonchev–Trinajstić information content (AvgIpc) is 2.39. The quantitative estimate of drug-likeness (QED) is 0.770. The van der Waals surface area contributed by atoms with Gasteiger partial charge >= 0.3 is 6.09 Å². The van der Waals surface area contributed by atoms with Crippen molar-refractivity contribution in [2.75, 3.05) is 26.2 Å². The number of halogens is 2. The maximum Gasteiger partial charge on any atom is 0.410 e. The van der Waals surface area contributed by atoms with Crippen molar-refractivity contribution in [3.63, 3.8) is 0 Å². The van der Waals surface area contributed by atoms with Crippen molar-refractivity contribution in [1.29, 1.82) is 0 Å². The van der Waals surface area contributed by atoms with Gasteiger partial charge in [0.2, 0.25) is 6.43 Å². The number of carbonyl (C=O) groups excluding carboxylic acids is 1. The van der Waals surface area contributed by atoms with E-state index in [2.05, 4.69) is 5.32 Å². The molecule has 4 nitrogen and oxygen atoms in total. The molecule has 17 heavy (non-hydrogen) atoms. The Bertz CT molecular complexity index is 267. The molecule has 0 radical (unpaired) electrons. The molecule has 1 amide bonds. The molecule has 1 atom stereocenters. The fourth-order valence-electron chi connectivity index (χ4n) is 1.60. The molecule has 0 bridgehead atoms. The minimum absolute atomic E-state index is 0.0412. The lowest BCUT2D eigenvalue weighted by molar-refractivity contribution is 0.0142. The van der Waals surface area contributed by atoms with Crippen molar-refractivity contribution in [1.82, 2.24) is 10.2 Å². The molecule has 1 aliphatic rings. The number of hydrogen-bond acceptors (Lipinski definition) is 3. The Balaban J connectivity index is 2.59. The van der Waals surface area contributed by atoms with E-state index in [9.17, 15) is 13.6 Å². The van der Waals surface area contributed by atoms with E-state index in [1.54, 1.807) is 20.8 Å². The lowest BCUT2D eigenvalue weighted by Gasteiger charge is -2.27. The molecular formula is C11H20F2N2O2. The monoisotopic (exact) mass is 250 g/mol. The normalized spacial score (nSPS) is 22.5. The van der Waals surface area contributed by atoms with Gasteiger partial charge in [0, 0.05) is 26.2 Å². The summed E-state index contributed by atoms with van der Waals surface area (Å²) in [6, 6.07) is 0. The number of hydrogen-bond donors (Lipinski definition) is 1. The zero-order chi connectivity index (χ0) is 13.1. The second-order valence-electron chi connectivity index (χ2n) is 5.23. The molecule has 1 unspecified atom stereocenters. The molecule has 6 heteroatoms. The maximum absolute atomic E-state index is 12.7. The minimum Gasteiger partial charge on any atom is -0.444 e. The maximum atomic E-state index is 12.7. The molecule has 1 heterocycles. The molecule has 0 aromatic heterocycles. The largest absolute Gasteiger partial charge is 0.444 e. The fraction of sp³-hybridized carbons (Fsp3) is 0.909. The molecular weight excluding hydrogens is 230 g/mol. The van der Waals surface area contributed by atoms with Crippen LogP contribution in [0.3, 0.4) is 0 Å². The second-order valence-corrected chi connectivity index (χ2v) is 5.23. The van der Waals surface area contributed by atoms with Gasteiger partial charge in [-0.25, -0.2) is 13.6 Å². The van der Waals surface area contributed by atoms with Crippen LogP contribution < -0.4 is 5.32 Å². The third-order valence-electron chi connectivity index (χ3n) is 2.43. The molecule has 1 fully saturated rings. The summed E-state index contributed by atoms with van der Waals surface area (Å²) in [5.74, 6) is -0.829. The van der Waals surface area contributed by atoms with Gasteiger partial charge in [-0.2, -0.15) is 0 Å². The van der Waals surface area contributed by atoms with Crippen LogP contribution in [0.5, 0.6) is 0 Å². The topological polar surface area (TPSA) is 41.6 Å². The number of rotatable bonds is 1. The van der Waals surface area contributed by atoms with Gasteiger partial charge in [-0.1, -0.05) is 0 Å². The summed E-state index contributed by atoms with van der Waals surface area (Å²) in [7, 11) is 0. The van der Waals surface area contributed by atoms with Crippen LogP contribution in [0.15, 0.2) is 0 Å². The van der Waals surface area contributed by atoms with Crippen molar-refractivity contribution < 1.29 is 18.3 Å². The summed E-state index contributed by atoms with van der Waals surface area (Å²) in [5.41, 5.74) is -0.600. The van der Waals surface area contributed by atoms with Crippen LogP contribution in [0.1, 0.15) is 20.8 Å². The lowest BCUT2D eigenvalue weighted by Crippen LogP contribution is -2.41. The summed E-state index contributed by atoms with van der Waals surface area (Å²) in [6.07, 6.45) is -2.95. The van der Waals surface area contributed by atoms with E-state index in [1.165, 1.54) is 4.90 Å². The predicted molar refractivity (Wildman–Crippen MR) is 60.2 cm³/mol. The smallest absolute Gasteiger partial charge is 0.410 e. The van der Waals surface area contributed by atoms with Gasteiger partial charge in [-0.15, -0.1) is 0 Å². The molecule has 0 aliphatic carbocycles. The molecule has 0 aromatic carbocycles. The highest BCUT2D eigenvalue weighted by Crippen LogP contribution is 2.16. The van der Waals surface area contributed by atoms with E-state index < -0.39 is 24.0 Å². The summed E-state index contributed by atoms with van der Waals surface area (Å²) in [4.78, 5) is 13.1. The molecule has 100 valence electrons. The Kier molecular flexibility index (Phi) is 4.68. The summed E-state index contributed by atoms with van der Waals surface area (Å²) in [5, 5.41) is 2.90. The van der Waals surface area contributed by atoms with Crippen LogP contribution in [0.4, 0.5) is 13.6 Å². The van der Waals surface area contributed by atoms with Gasteiger partial charge in [0.15, 0.2) is 0 Å². The Hall–Kier alpha value is -0.910. The highest BCUT2D eigenvalue weighted by molar-refractivity contribution is 5.68. The molecule has 0 saturated carbocycles. The molecule has 1 aliphatic heterocycles. The second kappa shape index (κ2) is 5.62. The van der Waals surface area contributed by atoms with Gasteiger partial charge in [0.1, 0.15) is 5.60 Å². The zero-order valence-electron chi connectivity index (χ0n) is 10.5. The molecule has 1 N–H and O–H groups in total. The number of alkyl halides is 2. The Morgan fingerprint density at radius 3 is 2.65 bits per heavy atom. The van der Waals surface area contributed by atoms with E-state index in [-0.39, 0.29) is 13.1 Å². The number of nitrogens with zero attached hydrogens (tertiary/aromatic N) is 1. The van der Waals surface area contributed by atoms with Gasteiger partial charge in [-0.05, 0) is 20.8 Å². The highest BCUT2D eigenvalue weighted by Gasteiger charge is 2.30. The van der Waals surface area contributed by atoms with Crippen LogP contribution in [0.25, 0.3) is 0 Å². The summed E-state index contributed by atoms with van der Waals surface area (Å²) < 4.78 is 30.5.